The second kappa shape index (κ2) is 6.63. The van der Waals surface area contributed by atoms with Gasteiger partial charge < -0.3 is 14.2 Å². The quantitative estimate of drug-likeness (QED) is 0.414. The fourth-order valence-electron chi connectivity index (χ4n) is 4.31. The van der Waals surface area contributed by atoms with Crippen LogP contribution in [-0.4, -0.2) is 22.6 Å². The number of hydrogen-bond acceptors (Lipinski definition) is 8. The van der Waals surface area contributed by atoms with Gasteiger partial charge in [-0.3, -0.25) is 24.5 Å². The monoisotopic (exact) mass is 425 g/mol. The number of carbonyl (C=O) groups excluding carboxylic acids is 3. The highest BCUT2D eigenvalue weighted by molar-refractivity contribution is 6.13. The predicted octanol–water partition coefficient (Wildman–Crippen LogP) is 3.48. The lowest BCUT2D eigenvalue weighted by Crippen LogP contribution is -2.53. The third-order valence-electron chi connectivity index (χ3n) is 5.49. The highest BCUT2D eigenvalue weighted by atomic mass is 16.8. The summed E-state index contributed by atoms with van der Waals surface area (Å²) in [6.45, 7) is 6.13. The summed E-state index contributed by atoms with van der Waals surface area (Å²) in [5.41, 5.74) is -2.09. The number of esters is 2. The number of nitrogens with zero attached hydrogens (tertiary/aromatic N) is 1. The van der Waals surface area contributed by atoms with Gasteiger partial charge in [0, 0.05) is 19.9 Å². The number of nitro benzene ring substituents is 1. The van der Waals surface area contributed by atoms with Gasteiger partial charge in [-0.2, -0.15) is 0 Å². The van der Waals surface area contributed by atoms with Gasteiger partial charge in [-0.05, 0) is 23.6 Å². The smallest absolute Gasteiger partial charge is 0.334 e. The Labute approximate surface area is 177 Å². The molecule has 9 nitrogen and oxygen atoms in total. The maximum atomic E-state index is 13.8. The summed E-state index contributed by atoms with van der Waals surface area (Å²) in [6, 6.07) is 8.89. The summed E-state index contributed by atoms with van der Waals surface area (Å²) in [6.07, 6.45) is 0. The summed E-state index contributed by atoms with van der Waals surface area (Å²) in [5.74, 6) is -4.46. The zero-order valence-corrected chi connectivity index (χ0v) is 17.3. The van der Waals surface area contributed by atoms with Crippen molar-refractivity contribution >= 4 is 23.4 Å². The van der Waals surface area contributed by atoms with Crippen LogP contribution in [0.1, 0.15) is 60.7 Å². The second-order valence-electron chi connectivity index (χ2n) is 7.78. The minimum absolute atomic E-state index is 0.0505. The van der Waals surface area contributed by atoms with Crippen LogP contribution in [0.5, 0.6) is 5.75 Å². The van der Waals surface area contributed by atoms with E-state index in [1.807, 2.05) is 13.8 Å². The first-order valence-electron chi connectivity index (χ1n) is 9.60. The van der Waals surface area contributed by atoms with Crippen LogP contribution >= 0.6 is 0 Å². The van der Waals surface area contributed by atoms with Crippen molar-refractivity contribution in [3.05, 3.63) is 68.8 Å². The van der Waals surface area contributed by atoms with Crippen LogP contribution in [0.3, 0.4) is 0 Å². The number of carbonyl (C=O) groups is 3. The molecule has 2 unspecified atom stereocenters. The number of nitro groups is 1. The van der Waals surface area contributed by atoms with Crippen molar-refractivity contribution in [2.75, 3.05) is 0 Å². The molecule has 2 aromatic rings. The molecule has 0 fully saturated rings. The van der Waals surface area contributed by atoms with Crippen molar-refractivity contribution in [3.63, 3.8) is 0 Å². The predicted molar refractivity (Wildman–Crippen MR) is 105 cm³/mol. The molecule has 4 rings (SSSR count). The molecule has 2 aliphatic rings. The highest BCUT2D eigenvalue weighted by Crippen LogP contribution is 2.63. The molecule has 0 saturated heterocycles. The standard InChI is InChI=1S/C22H19NO8/c1-11(2)14-8-9-15-18(10-14)31-22(30-13(4)25)16-6-5-7-17(23(27)28)19(16)20(26)21(15,22)29-12(3)24/h5-11H,1-4H3. The third kappa shape index (κ3) is 2.59. The molecular weight excluding hydrogens is 406 g/mol. The molecule has 1 aliphatic heterocycles. The summed E-state index contributed by atoms with van der Waals surface area (Å²) < 4.78 is 17.2. The number of fused-ring (bicyclic) bond motifs is 5. The van der Waals surface area contributed by atoms with Gasteiger partial charge in [0.25, 0.3) is 11.3 Å². The van der Waals surface area contributed by atoms with E-state index >= 15 is 0 Å². The van der Waals surface area contributed by atoms with Crippen molar-refractivity contribution in [1.82, 2.24) is 0 Å². The van der Waals surface area contributed by atoms with Gasteiger partial charge in [-0.15, -0.1) is 0 Å². The molecule has 31 heavy (non-hydrogen) atoms. The number of benzene rings is 2. The zero-order valence-electron chi connectivity index (χ0n) is 17.3. The van der Waals surface area contributed by atoms with Crippen LogP contribution in [0, 0.1) is 10.1 Å². The van der Waals surface area contributed by atoms with E-state index in [4.69, 9.17) is 14.2 Å². The zero-order chi connectivity index (χ0) is 22.7. The van der Waals surface area contributed by atoms with E-state index in [-0.39, 0.29) is 28.4 Å². The molecule has 0 radical (unpaired) electrons. The van der Waals surface area contributed by atoms with Crippen molar-refractivity contribution in [1.29, 1.82) is 0 Å². The Kier molecular flexibility index (Phi) is 4.39. The van der Waals surface area contributed by atoms with Crippen molar-refractivity contribution in [2.45, 2.75) is 45.0 Å². The Morgan fingerprint density at radius 3 is 2.32 bits per heavy atom. The van der Waals surface area contributed by atoms with Crippen molar-refractivity contribution in [3.8, 4) is 5.75 Å². The van der Waals surface area contributed by atoms with E-state index in [1.54, 1.807) is 18.2 Å². The molecule has 1 heterocycles. The number of hydrogen-bond donors (Lipinski definition) is 0. The molecule has 1 aliphatic carbocycles. The Balaban J connectivity index is 2.11. The lowest BCUT2D eigenvalue weighted by Gasteiger charge is -2.35. The molecule has 0 bridgehead atoms. The minimum Gasteiger partial charge on any atom is -0.444 e. The molecule has 0 N–H and O–H groups in total. The third-order valence-corrected chi connectivity index (χ3v) is 5.49. The molecule has 9 heteroatoms. The summed E-state index contributed by atoms with van der Waals surface area (Å²) in [7, 11) is 0. The van der Waals surface area contributed by atoms with Crippen LogP contribution < -0.4 is 4.74 Å². The van der Waals surface area contributed by atoms with Gasteiger partial charge in [0.1, 0.15) is 11.3 Å². The van der Waals surface area contributed by atoms with Crippen molar-refractivity contribution < 1.29 is 33.5 Å². The van der Waals surface area contributed by atoms with Gasteiger partial charge in [0.15, 0.2) is 0 Å². The summed E-state index contributed by atoms with van der Waals surface area (Å²) in [5, 5.41) is 11.6. The van der Waals surface area contributed by atoms with Gasteiger partial charge >= 0.3 is 17.7 Å². The fraction of sp³-hybridized carbons (Fsp3) is 0.318. The van der Waals surface area contributed by atoms with E-state index < -0.39 is 39.7 Å². The molecule has 0 amide bonds. The van der Waals surface area contributed by atoms with Gasteiger partial charge in [-0.1, -0.05) is 32.0 Å². The van der Waals surface area contributed by atoms with Crippen LogP contribution in [0.25, 0.3) is 0 Å². The average Bonchev–Trinajstić information content (AvgIpc) is 3.05. The first-order chi connectivity index (χ1) is 14.5. The van der Waals surface area contributed by atoms with Gasteiger partial charge in [-0.25, -0.2) is 0 Å². The Hall–Kier alpha value is -3.75. The normalized spacial score (nSPS) is 22.9. The average molecular weight is 425 g/mol. The van der Waals surface area contributed by atoms with E-state index in [1.165, 1.54) is 12.1 Å². The van der Waals surface area contributed by atoms with Crippen LogP contribution in [0.2, 0.25) is 0 Å². The first kappa shape index (κ1) is 20.5. The molecular formula is C22H19NO8. The van der Waals surface area contributed by atoms with Gasteiger partial charge in [0.2, 0.25) is 5.78 Å². The van der Waals surface area contributed by atoms with Crippen molar-refractivity contribution in [2.24, 2.45) is 0 Å². The Morgan fingerprint density at radius 1 is 1.06 bits per heavy atom. The minimum atomic E-state index is -2.25. The highest BCUT2D eigenvalue weighted by Gasteiger charge is 2.77. The number of Topliss-reactive ketones (excluding diaryl/α,β-unsaturated/α-hetero) is 1. The fourth-order valence-corrected chi connectivity index (χ4v) is 4.31. The van der Waals surface area contributed by atoms with Crippen LogP contribution in [0.4, 0.5) is 5.69 Å². The Bertz CT molecular complexity index is 1170. The molecule has 0 aromatic heterocycles. The lowest BCUT2D eigenvalue weighted by molar-refractivity contribution is -0.385. The number of ketones is 1. The van der Waals surface area contributed by atoms with E-state index in [0.29, 0.717) is 0 Å². The second-order valence-corrected chi connectivity index (χ2v) is 7.78. The van der Waals surface area contributed by atoms with Crippen LogP contribution in [-0.2, 0) is 30.5 Å². The maximum Gasteiger partial charge on any atom is 0.334 e. The molecule has 0 spiro atoms. The lowest BCUT2D eigenvalue weighted by atomic mass is 9.85. The van der Waals surface area contributed by atoms with E-state index in [2.05, 4.69) is 0 Å². The summed E-state index contributed by atoms with van der Waals surface area (Å²) >= 11 is 0. The van der Waals surface area contributed by atoms with E-state index in [9.17, 15) is 24.5 Å². The number of ether oxygens (including phenoxy) is 3. The first-order valence-corrected chi connectivity index (χ1v) is 9.60. The largest absolute Gasteiger partial charge is 0.444 e. The topological polar surface area (TPSA) is 122 Å². The molecule has 2 atom stereocenters. The Morgan fingerprint density at radius 2 is 1.74 bits per heavy atom. The number of rotatable bonds is 4. The van der Waals surface area contributed by atoms with Gasteiger partial charge in [0.05, 0.1) is 16.1 Å². The maximum absolute atomic E-state index is 13.8. The van der Waals surface area contributed by atoms with E-state index in [0.717, 1.165) is 25.5 Å². The molecule has 2 aromatic carbocycles. The molecule has 160 valence electrons. The summed E-state index contributed by atoms with van der Waals surface area (Å²) in [4.78, 5) is 49.0. The van der Waals surface area contributed by atoms with Crippen LogP contribution in [0.15, 0.2) is 36.4 Å². The SMILES string of the molecule is CC(=O)OC12Oc3cc(C(C)C)ccc3C1(OC(C)=O)C(=O)c1c([N+](=O)[O-])cccc12. The molecule has 0 saturated carbocycles.